The van der Waals surface area contributed by atoms with E-state index >= 15 is 0 Å². The van der Waals surface area contributed by atoms with Crippen LogP contribution >= 0.6 is 11.6 Å². The van der Waals surface area contributed by atoms with Gasteiger partial charge in [0.25, 0.3) is 5.91 Å². The van der Waals surface area contributed by atoms with Gasteiger partial charge in [-0.3, -0.25) is 9.78 Å². The second-order valence-electron chi connectivity index (χ2n) is 4.54. The zero-order valence-electron chi connectivity index (χ0n) is 10.3. The Labute approximate surface area is 116 Å². The average molecular weight is 277 g/mol. The number of hydrogen-bond acceptors (Lipinski definition) is 3. The molecular formula is C14H13ClN2O2. The molecule has 0 radical (unpaired) electrons. The molecule has 1 aliphatic rings. The van der Waals surface area contributed by atoms with Crippen LogP contribution in [-0.2, 0) is 0 Å². The molecule has 0 bridgehead atoms. The molecule has 19 heavy (non-hydrogen) atoms. The molecule has 0 spiro atoms. The lowest BCUT2D eigenvalue weighted by atomic mass is 10.1. The Morgan fingerprint density at radius 1 is 1.32 bits per heavy atom. The number of hydrogen-bond donors (Lipinski definition) is 0. The van der Waals surface area contributed by atoms with Crippen molar-refractivity contribution in [3.63, 3.8) is 0 Å². The van der Waals surface area contributed by atoms with E-state index < -0.39 is 0 Å². The van der Waals surface area contributed by atoms with Gasteiger partial charge in [0.2, 0.25) is 0 Å². The fourth-order valence-electron chi connectivity index (χ4n) is 2.51. The quantitative estimate of drug-likeness (QED) is 0.845. The summed E-state index contributed by atoms with van der Waals surface area (Å²) in [6.45, 7) is 0.740. The van der Waals surface area contributed by atoms with Crippen LogP contribution in [0.25, 0.3) is 0 Å². The maximum absolute atomic E-state index is 12.4. The first-order valence-electron chi connectivity index (χ1n) is 6.22. The molecule has 1 atom stereocenters. The molecule has 98 valence electrons. The summed E-state index contributed by atoms with van der Waals surface area (Å²) >= 11 is 5.72. The number of rotatable bonds is 2. The van der Waals surface area contributed by atoms with Crippen molar-refractivity contribution in [3.05, 3.63) is 53.2 Å². The molecule has 1 aliphatic heterocycles. The van der Waals surface area contributed by atoms with Gasteiger partial charge >= 0.3 is 0 Å². The molecule has 0 aromatic carbocycles. The van der Waals surface area contributed by atoms with Crippen LogP contribution < -0.4 is 0 Å². The van der Waals surface area contributed by atoms with Crippen LogP contribution in [0, 0.1) is 0 Å². The maximum atomic E-state index is 12.4. The van der Waals surface area contributed by atoms with Crippen LogP contribution in [0.2, 0.25) is 5.22 Å². The highest BCUT2D eigenvalue weighted by Gasteiger charge is 2.31. The van der Waals surface area contributed by atoms with Crippen molar-refractivity contribution in [2.45, 2.75) is 18.9 Å². The molecule has 2 aromatic rings. The Morgan fingerprint density at radius 2 is 2.11 bits per heavy atom. The lowest BCUT2D eigenvalue weighted by Crippen LogP contribution is -2.30. The SMILES string of the molecule is O=C(c1ccc(Cl)o1)N1CCCC1c1ccncc1. The summed E-state index contributed by atoms with van der Waals surface area (Å²) in [6, 6.07) is 7.20. The van der Waals surface area contributed by atoms with Gasteiger partial charge in [-0.25, -0.2) is 0 Å². The van der Waals surface area contributed by atoms with Gasteiger partial charge in [-0.1, -0.05) is 0 Å². The molecule has 3 rings (SSSR count). The largest absolute Gasteiger partial charge is 0.440 e. The minimum Gasteiger partial charge on any atom is -0.440 e. The van der Waals surface area contributed by atoms with Gasteiger partial charge in [0.05, 0.1) is 6.04 Å². The molecular weight excluding hydrogens is 264 g/mol. The Hall–Kier alpha value is -1.81. The lowest BCUT2D eigenvalue weighted by Gasteiger charge is -2.23. The summed E-state index contributed by atoms with van der Waals surface area (Å²) in [5, 5.41) is 0.239. The fraction of sp³-hybridized carbons (Fsp3) is 0.286. The van der Waals surface area contributed by atoms with E-state index in [1.54, 1.807) is 24.5 Å². The van der Waals surface area contributed by atoms with Crippen molar-refractivity contribution >= 4 is 17.5 Å². The first-order chi connectivity index (χ1) is 9.25. The van der Waals surface area contributed by atoms with Crippen LogP contribution in [0.15, 0.2) is 41.1 Å². The molecule has 1 saturated heterocycles. The zero-order chi connectivity index (χ0) is 13.2. The summed E-state index contributed by atoms with van der Waals surface area (Å²) in [6.07, 6.45) is 5.46. The number of furan rings is 1. The summed E-state index contributed by atoms with van der Waals surface area (Å²) in [5.74, 6) is 0.192. The van der Waals surface area contributed by atoms with Crippen LogP contribution in [0.1, 0.15) is 35.0 Å². The number of nitrogens with zero attached hydrogens (tertiary/aromatic N) is 2. The smallest absolute Gasteiger partial charge is 0.290 e. The highest BCUT2D eigenvalue weighted by Crippen LogP contribution is 2.33. The third-order valence-electron chi connectivity index (χ3n) is 3.39. The monoisotopic (exact) mass is 276 g/mol. The fourth-order valence-corrected chi connectivity index (χ4v) is 2.66. The normalized spacial score (nSPS) is 18.8. The number of aromatic nitrogens is 1. The average Bonchev–Trinajstić information content (AvgIpc) is 3.07. The van der Waals surface area contributed by atoms with Crippen molar-refractivity contribution in [2.24, 2.45) is 0 Å². The number of likely N-dealkylation sites (tertiary alicyclic amines) is 1. The highest BCUT2D eigenvalue weighted by molar-refractivity contribution is 6.29. The molecule has 0 saturated carbocycles. The number of carbonyl (C=O) groups is 1. The van der Waals surface area contributed by atoms with Crippen molar-refractivity contribution in [2.75, 3.05) is 6.54 Å². The van der Waals surface area contributed by atoms with Crippen LogP contribution in [0.3, 0.4) is 0 Å². The predicted octanol–water partition coefficient (Wildman–Crippen LogP) is 3.31. The van der Waals surface area contributed by atoms with Crippen molar-refractivity contribution in [1.29, 1.82) is 0 Å². The lowest BCUT2D eigenvalue weighted by molar-refractivity contribution is 0.0703. The van der Waals surface area contributed by atoms with Gasteiger partial charge < -0.3 is 9.32 Å². The number of pyridine rings is 1. The Bertz CT molecular complexity index is 582. The second-order valence-corrected chi connectivity index (χ2v) is 4.91. The maximum Gasteiger partial charge on any atom is 0.290 e. The first-order valence-corrected chi connectivity index (χ1v) is 6.60. The molecule has 0 N–H and O–H groups in total. The van der Waals surface area contributed by atoms with Crippen molar-refractivity contribution in [1.82, 2.24) is 9.88 Å². The van der Waals surface area contributed by atoms with Crippen molar-refractivity contribution in [3.8, 4) is 0 Å². The highest BCUT2D eigenvalue weighted by atomic mass is 35.5. The topological polar surface area (TPSA) is 46.3 Å². The third-order valence-corrected chi connectivity index (χ3v) is 3.59. The second kappa shape index (κ2) is 5.05. The van der Waals surface area contributed by atoms with Gasteiger partial charge in [-0.05, 0) is 54.3 Å². The van der Waals surface area contributed by atoms with Gasteiger partial charge in [0, 0.05) is 18.9 Å². The molecule has 1 amide bonds. The van der Waals surface area contributed by atoms with E-state index in [1.807, 2.05) is 17.0 Å². The summed E-state index contributed by atoms with van der Waals surface area (Å²) in [4.78, 5) is 18.2. The predicted molar refractivity (Wildman–Crippen MR) is 71.0 cm³/mol. The van der Waals surface area contributed by atoms with Crippen LogP contribution in [0.5, 0.6) is 0 Å². The number of amides is 1. The summed E-state index contributed by atoms with van der Waals surface area (Å²) in [7, 11) is 0. The summed E-state index contributed by atoms with van der Waals surface area (Å²) in [5.41, 5.74) is 1.11. The van der Waals surface area contributed by atoms with Gasteiger partial charge in [-0.2, -0.15) is 0 Å². The molecule has 1 fully saturated rings. The van der Waals surface area contributed by atoms with E-state index in [2.05, 4.69) is 4.98 Å². The Balaban J connectivity index is 1.86. The minimum atomic E-state index is -0.105. The molecule has 0 aliphatic carbocycles. The number of carbonyl (C=O) groups excluding carboxylic acids is 1. The molecule has 2 aromatic heterocycles. The van der Waals surface area contributed by atoms with E-state index in [0.29, 0.717) is 5.76 Å². The van der Waals surface area contributed by atoms with Gasteiger partial charge in [0.15, 0.2) is 11.0 Å². The first kappa shape index (κ1) is 12.2. The van der Waals surface area contributed by atoms with Gasteiger partial charge in [0.1, 0.15) is 0 Å². The van der Waals surface area contributed by atoms with Crippen LogP contribution in [-0.4, -0.2) is 22.3 Å². The molecule has 3 heterocycles. The van der Waals surface area contributed by atoms with Gasteiger partial charge in [-0.15, -0.1) is 0 Å². The van der Waals surface area contributed by atoms with E-state index in [1.165, 1.54) is 0 Å². The molecule has 5 heteroatoms. The number of halogens is 1. The third kappa shape index (κ3) is 2.36. The van der Waals surface area contributed by atoms with E-state index in [-0.39, 0.29) is 17.2 Å². The Kier molecular flexibility index (Phi) is 3.25. The minimum absolute atomic E-state index is 0.0966. The molecule has 4 nitrogen and oxygen atoms in total. The molecule has 1 unspecified atom stereocenters. The zero-order valence-corrected chi connectivity index (χ0v) is 11.0. The van der Waals surface area contributed by atoms with E-state index in [4.69, 9.17) is 16.0 Å². The van der Waals surface area contributed by atoms with Crippen LogP contribution in [0.4, 0.5) is 0 Å². The van der Waals surface area contributed by atoms with E-state index in [0.717, 1.165) is 24.9 Å². The Morgan fingerprint density at radius 3 is 2.79 bits per heavy atom. The van der Waals surface area contributed by atoms with Crippen molar-refractivity contribution < 1.29 is 9.21 Å². The standard InChI is InChI=1S/C14H13ClN2O2/c15-13-4-3-12(19-13)14(18)17-9-1-2-11(17)10-5-7-16-8-6-10/h3-8,11H,1-2,9H2. The summed E-state index contributed by atoms with van der Waals surface area (Å²) < 4.78 is 5.20. The van der Waals surface area contributed by atoms with E-state index in [9.17, 15) is 4.79 Å².